The first-order valence-corrected chi connectivity index (χ1v) is 6.94. The lowest BCUT2D eigenvalue weighted by atomic mass is 9.86. The van der Waals surface area contributed by atoms with Crippen LogP contribution in [0.2, 0.25) is 0 Å². The molecule has 0 aromatic rings. The van der Waals surface area contributed by atoms with Crippen molar-refractivity contribution in [1.82, 2.24) is 10.2 Å². The van der Waals surface area contributed by atoms with E-state index in [-0.39, 0.29) is 5.41 Å². The zero-order valence-electron chi connectivity index (χ0n) is 11.9. The molecule has 0 aromatic carbocycles. The fraction of sp³-hybridized carbons (Fsp3) is 1.00. The number of hydrogen-bond donors (Lipinski definition) is 1. The summed E-state index contributed by atoms with van der Waals surface area (Å²) in [5, 5.41) is 3.49. The number of ether oxygens (including phenoxy) is 1. The molecular formula is C14H28N2O. The Hall–Kier alpha value is -0.120. The molecule has 2 aliphatic heterocycles. The molecule has 2 atom stereocenters. The lowest BCUT2D eigenvalue weighted by molar-refractivity contribution is -0.0858. The molecule has 1 N–H and O–H groups in total. The van der Waals surface area contributed by atoms with Gasteiger partial charge in [0.1, 0.15) is 0 Å². The summed E-state index contributed by atoms with van der Waals surface area (Å²) in [6, 6.07) is 0. The summed E-state index contributed by atoms with van der Waals surface area (Å²) in [5.74, 6) is 0. The number of morpholine rings is 1. The van der Waals surface area contributed by atoms with E-state index < -0.39 is 0 Å². The van der Waals surface area contributed by atoms with Crippen molar-refractivity contribution in [3.63, 3.8) is 0 Å². The maximum Gasteiger partial charge on any atom is 0.0750 e. The van der Waals surface area contributed by atoms with Crippen LogP contribution in [0.5, 0.6) is 0 Å². The van der Waals surface area contributed by atoms with Gasteiger partial charge in [0.25, 0.3) is 0 Å². The van der Waals surface area contributed by atoms with Gasteiger partial charge in [-0.25, -0.2) is 0 Å². The topological polar surface area (TPSA) is 24.5 Å². The summed E-state index contributed by atoms with van der Waals surface area (Å²) in [4.78, 5) is 2.60. The molecule has 100 valence electrons. The van der Waals surface area contributed by atoms with Gasteiger partial charge in [0.15, 0.2) is 0 Å². The lowest BCUT2D eigenvalue weighted by Gasteiger charge is -2.42. The van der Waals surface area contributed by atoms with E-state index in [1.54, 1.807) is 0 Å². The number of nitrogens with one attached hydrogen (secondary N) is 1. The largest absolute Gasteiger partial charge is 0.375 e. The standard InChI is InChI=1S/C14H28N2O/c1-13(2,3)12-9-16(7-8-17-12)11-14(4)5-6-15-10-14/h12,15H,5-11H2,1-4H3. The first-order chi connectivity index (χ1) is 7.89. The van der Waals surface area contributed by atoms with Crippen LogP contribution < -0.4 is 5.32 Å². The van der Waals surface area contributed by atoms with Crippen LogP contribution in [0.25, 0.3) is 0 Å². The highest BCUT2D eigenvalue weighted by molar-refractivity contribution is 4.89. The monoisotopic (exact) mass is 240 g/mol. The van der Waals surface area contributed by atoms with Gasteiger partial charge in [-0.3, -0.25) is 4.90 Å². The van der Waals surface area contributed by atoms with Gasteiger partial charge < -0.3 is 10.1 Å². The van der Waals surface area contributed by atoms with E-state index in [2.05, 4.69) is 37.9 Å². The molecule has 2 fully saturated rings. The van der Waals surface area contributed by atoms with Gasteiger partial charge in [-0.2, -0.15) is 0 Å². The Kier molecular flexibility index (Phi) is 3.81. The number of rotatable bonds is 2. The predicted octanol–water partition coefficient (Wildman–Crippen LogP) is 1.73. The fourth-order valence-corrected chi connectivity index (χ4v) is 2.91. The quantitative estimate of drug-likeness (QED) is 0.795. The molecule has 0 aromatic heterocycles. The van der Waals surface area contributed by atoms with Crippen molar-refractivity contribution in [2.45, 2.75) is 40.2 Å². The third-order valence-electron chi connectivity index (χ3n) is 4.18. The predicted molar refractivity (Wildman–Crippen MR) is 71.2 cm³/mol. The molecule has 0 radical (unpaired) electrons. The van der Waals surface area contributed by atoms with Crippen LogP contribution in [-0.2, 0) is 4.74 Å². The minimum atomic E-state index is 0.257. The van der Waals surface area contributed by atoms with E-state index in [1.807, 2.05) is 0 Å². The molecule has 2 aliphatic rings. The summed E-state index contributed by atoms with van der Waals surface area (Å²) in [7, 11) is 0. The maximum atomic E-state index is 5.91. The Balaban J connectivity index is 1.89. The van der Waals surface area contributed by atoms with Crippen molar-refractivity contribution in [2.24, 2.45) is 10.8 Å². The van der Waals surface area contributed by atoms with Gasteiger partial charge in [0, 0.05) is 26.2 Å². The third-order valence-corrected chi connectivity index (χ3v) is 4.18. The average Bonchev–Trinajstić information content (AvgIpc) is 2.64. The molecule has 2 saturated heterocycles. The van der Waals surface area contributed by atoms with E-state index in [0.29, 0.717) is 11.5 Å². The van der Waals surface area contributed by atoms with Crippen LogP contribution in [0.1, 0.15) is 34.1 Å². The van der Waals surface area contributed by atoms with Gasteiger partial charge in [0.2, 0.25) is 0 Å². The van der Waals surface area contributed by atoms with E-state index in [9.17, 15) is 0 Å². The van der Waals surface area contributed by atoms with Crippen LogP contribution in [0.4, 0.5) is 0 Å². The molecule has 3 nitrogen and oxygen atoms in total. The normalized spacial score (nSPS) is 36.4. The molecule has 2 rings (SSSR count). The van der Waals surface area contributed by atoms with Crippen molar-refractivity contribution in [1.29, 1.82) is 0 Å². The Morgan fingerprint density at radius 1 is 1.41 bits per heavy atom. The highest BCUT2D eigenvalue weighted by Crippen LogP contribution is 2.29. The molecule has 0 spiro atoms. The second kappa shape index (κ2) is 4.87. The molecule has 3 heteroatoms. The maximum absolute atomic E-state index is 5.91. The molecule has 17 heavy (non-hydrogen) atoms. The summed E-state index contributed by atoms with van der Waals surface area (Å²) in [6.45, 7) is 15.9. The van der Waals surface area contributed by atoms with E-state index in [4.69, 9.17) is 4.74 Å². The zero-order chi connectivity index (χ0) is 12.5. The second-order valence-corrected chi connectivity index (χ2v) is 7.20. The summed E-state index contributed by atoms with van der Waals surface area (Å²) >= 11 is 0. The van der Waals surface area contributed by atoms with Gasteiger partial charge in [0.05, 0.1) is 12.7 Å². The van der Waals surface area contributed by atoms with Gasteiger partial charge in [-0.1, -0.05) is 27.7 Å². The minimum absolute atomic E-state index is 0.257. The minimum Gasteiger partial charge on any atom is -0.375 e. The number of nitrogens with zero attached hydrogens (tertiary/aromatic N) is 1. The molecule has 0 bridgehead atoms. The van der Waals surface area contributed by atoms with E-state index in [1.165, 1.54) is 26.1 Å². The van der Waals surface area contributed by atoms with Crippen molar-refractivity contribution in [2.75, 3.05) is 39.3 Å². The SMILES string of the molecule is CC1(CN2CCOC(C(C)(C)C)C2)CCNC1. The third kappa shape index (κ3) is 3.43. The fourth-order valence-electron chi connectivity index (χ4n) is 2.91. The Morgan fingerprint density at radius 3 is 2.76 bits per heavy atom. The summed E-state index contributed by atoms with van der Waals surface area (Å²) in [5.41, 5.74) is 0.729. The number of hydrogen-bond acceptors (Lipinski definition) is 3. The lowest BCUT2D eigenvalue weighted by Crippen LogP contribution is -2.51. The van der Waals surface area contributed by atoms with Crippen molar-refractivity contribution in [3.8, 4) is 0 Å². The molecule has 2 unspecified atom stereocenters. The van der Waals surface area contributed by atoms with Gasteiger partial charge >= 0.3 is 0 Å². The molecule has 2 heterocycles. The summed E-state index contributed by atoms with van der Waals surface area (Å²) < 4.78 is 5.91. The van der Waals surface area contributed by atoms with E-state index in [0.717, 1.165) is 19.7 Å². The van der Waals surface area contributed by atoms with Gasteiger partial charge in [-0.05, 0) is 23.8 Å². The first kappa shape index (κ1) is 13.3. The van der Waals surface area contributed by atoms with Crippen molar-refractivity contribution < 1.29 is 4.74 Å². The van der Waals surface area contributed by atoms with Crippen LogP contribution in [0, 0.1) is 10.8 Å². The van der Waals surface area contributed by atoms with E-state index >= 15 is 0 Å². The van der Waals surface area contributed by atoms with Crippen molar-refractivity contribution in [3.05, 3.63) is 0 Å². The average molecular weight is 240 g/mol. The molecule has 0 amide bonds. The van der Waals surface area contributed by atoms with Crippen LogP contribution in [0.3, 0.4) is 0 Å². The van der Waals surface area contributed by atoms with Crippen LogP contribution >= 0.6 is 0 Å². The van der Waals surface area contributed by atoms with Crippen molar-refractivity contribution >= 4 is 0 Å². The Bertz CT molecular complexity index is 253. The zero-order valence-corrected chi connectivity index (χ0v) is 11.9. The second-order valence-electron chi connectivity index (χ2n) is 7.20. The molecular weight excluding hydrogens is 212 g/mol. The Morgan fingerprint density at radius 2 is 2.18 bits per heavy atom. The highest BCUT2D eigenvalue weighted by atomic mass is 16.5. The molecule has 0 saturated carbocycles. The Labute approximate surface area is 106 Å². The highest BCUT2D eigenvalue weighted by Gasteiger charge is 2.35. The van der Waals surface area contributed by atoms with Crippen LogP contribution in [-0.4, -0.2) is 50.3 Å². The van der Waals surface area contributed by atoms with Crippen LogP contribution in [0.15, 0.2) is 0 Å². The first-order valence-electron chi connectivity index (χ1n) is 6.94. The van der Waals surface area contributed by atoms with Gasteiger partial charge in [-0.15, -0.1) is 0 Å². The smallest absolute Gasteiger partial charge is 0.0750 e. The molecule has 0 aliphatic carbocycles. The summed E-state index contributed by atoms with van der Waals surface area (Å²) in [6.07, 6.45) is 1.69.